The van der Waals surface area contributed by atoms with E-state index >= 15 is 0 Å². The van der Waals surface area contributed by atoms with Crippen LogP contribution in [-0.2, 0) is 16.0 Å². The Morgan fingerprint density at radius 3 is 2.38 bits per heavy atom. The van der Waals surface area contributed by atoms with Crippen LogP contribution in [0.4, 0.5) is 8.78 Å². The van der Waals surface area contributed by atoms with Crippen LogP contribution < -0.4 is 5.73 Å². The molecule has 85 valence electrons. The smallest absolute Gasteiger partial charge is 0.217 e. The first kappa shape index (κ1) is 12.4. The van der Waals surface area contributed by atoms with Crippen LogP contribution in [0.25, 0.3) is 0 Å². The van der Waals surface area contributed by atoms with Crippen LogP contribution in [0.1, 0.15) is 12.0 Å². The highest BCUT2D eigenvalue weighted by atomic mass is 19.1. The number of carbonyl (C=O) groups excluding carboxylic acids is 2. The third-order valence-corrected chi connectivity index (χ3v) is 1.92. The molecule has 5 heteroatoms. The summed E-state index contributed by atoms with van der Waals surface area (Å²) in [5.74, 6) is -1.84. The van der Waals surface area contributed by atoms with Gasteiger partial charge in [0.15, 0.2) is 0 Å². The highest BCUT2D eigenvalue weighted by Gasteiger charge is 2.11. The Bertz CT molecular complexity index is 387. The molecule has 0 heterocycles. The van der Waals surface area contributed by atoms with Crippen LogP contribution in [0.15, 0.2) is 18.2 Å². The minimum Gasteiger partial charge on any atom is -0.321 e. The third-order valence-electron chi connectivity index (χ3n) is 1.92. The second-order valence-corrected chi connectivity index (χ2v) is 3.42. The fourth-order valence-corrected chi connectivity index (χ4v) is 1.30. The van der Waals surface area contributed by atoms with Gasteiger partial charge >= 0.3 is 0 Å². The topological polar surface area (TPSA) is 60.2 Å². The van der Waals surface area contributed by atoms with E-state index in [4.69, 9.17) is 5.73 Å². The van der Waals surface area contributed by atoms with E-state index in [0.717, 1.165) is 18.2 Å². The van der Waals surface area contributed by atoms with Gasteiger partial charge in [-0.2, -0.15) is 0 Å². The fraction of sp³-hybridized carbons (Fsp3) is 0.273. The van der Waals surface area contributed by atoms with Gasteiger partial charge in [-0.25, -0.2) is 8.78 Å². The molecule has 2 N–H and O–H groups in total. The van der Waals surface area contributed by atoms with Crippen molar-refractivity contribution in [1.82, 2.24) is 0 Å². The van der Waals surface area contributed by atoms with Gasteiger partial charge in [-0.1, -0.05) is 0 Å². The molecule has 0 aliphatic carbocycles. The van der Waals surface area contributed by atoms with Crippen LogP contribution in [-0.4, -0.2) is 18.1 Å². The predicted molar refractivity (Wildman–Crippen MR) is 53.4 cm³/mol. The molecule has 0 amide bonds. The number of carbonyl (C=O) groups is 1. The largest absolute Gasteiger partial charge is 0.321 e. The van der Waals surface area contributed by atoms with Gasteiger partial charge < -0.3 is 5.73 Å². The van der Waals surface area contributed by atoms with Crippen molar-refractivity contribution in [2.45, 2.75) is 18.9 Å². The van der Waals surface area contributed by atoms with E-state index in [1.807, 2.05) is 0 Å². The first-order chi connectivity index (χ1) is 7.51. The second-order valence-electron chi connectivity index (χ2n) is 3.42. The van der Waals surface area contributed by atoms with Crippen molar-refractivity contribution < 1.29 is 18.4 Å². The van der Waals surface area contributed by atoms with E-state index in [9.17, 15) is 18.4 Å². The Hall–Kier alpha value is -1.62. The maximum atomic E-state index is 12.8. The lowest BCUT2D eigenvalue weighted by Gasteiger charge is -2.03. The summed E-state index contributed by atoms with van der Waals surface area (Å²) >= 11 is 0. The number of Topliss-reactive ketones (excluding diaryl/α,β-unsaturated/α-hetero) is 1. The van der Waals surface area contributed by atoms with Crippen molar-refractivity contribution in [2.24, 2.45) is 5.73 Å². The Labute approximate surface area is 91.3 Å². The van der Waals surface area contributed by atoms with Crippen molar-refractivity contribution in [3.63, 3.8) is 0 Å². The first-order valence-electron chi connectivity index (χ1n) is 4.61. The zero-order valence-electron chi connectivity index (χ0n) is 8.37. The molecule has 0 aliphatic rings. The molecule has 0 bridgehead atoms. The molecule has 1 aromatic rings. The third kappa shape index (κ3) is 3.86. The summed E-state index contributed by atoms with van der Waals surface area (Å²) < 4.78 is 25.5. The summed E-state index contributed by atoms with van der Waals surface area (Å²) in [6, 6.07) is 1.87. The lowest BCUT2D eigenvalue weighted by atomic mass is 10.0. The number of halogens is 2. The zero-order valence-corrected chi connectivity index (χ0v) is 8.37. The maximum Gasteiger partial charge on any atom is 0.217 e. The fourth-order valence-electron chi connectivity index (χ4n) is 1.30. The highest BCUT2D eigenvalue weighted by molar-refractivity contribution is 5.84. The van der Waals surface area contributed by atoms with Crippen molar-refractivity contribution in [2.75, 3.05) is 0 Å². The molecule has 16 heavy (non-hydrogen) atoms. The highest BCUT2D eigenvalue weighted by Crippen LogP contribution is 2.09. The molecule has 0 aromatic heterocycles. The van der Waals surface area contributed by atoms with Gasteiger partial charge in [-0.3, -0.25) is 9.59 Å². The van der Waals surface area contributed by atoms with Crippen LogP contribution in [0.2, 0.25) is 0 Å². The van der Waals surface area contributed by atoms with Crippen molar-refractivity contribution in [1.29, 1.82) is 0 Å². The normalized spacial score (nSPS) is 12.2. The summed E-state index contributed by atoms with van der Waals surface area (Å²) in [7, 11) is 0. The number of benzene rings is 1. The van der Waals surface area contributed by atoms with Gasteiger partial charge in [-0.05, 0) is 17.7 Å². The van der Waals surface area contributed by atoms with Crippen LogP contribution in [0.5, 0.6) is 0 Å². The quantitative estimate of drug-likeness (QED) is 0.811. The molecule has 0 saturated heterocycles. The number of ketones is 1. The van der Waals surface area contributed by atoms with Gasteiger partial charge in [0.05, 0.1) is 6.04 Å². The number of rotatable bonds is 5. The number of hydrogen-bond acceptors (Lipinski definition) is 3. The molecule has 0 aliphatic heterocycles. The Kier molecular flexibility index (Phi) is 4.25. The van der Waals surface area contributed by atoms with Crippen molar-refractivity contribution >= 4 is 12.1 Å². The zero-order chi connectivity index (χ0) is 12.1. The molecule has 0 unspecified atom stereocenters. The SMILES string of the molecule is N[C@H]([C]=O)CC(=O)Cc1cc(F)cc(F)c1. The summed E-state index contributed by atoms with van der Waals surface area (Å²) in [6.07, 6.45) is 1.14. The Morgan fingerprint density at radius 1 is 1.31 bits per heavy atom. The van der Waals surface area contributed by atoms with Crippen LogP contribution >= 0.6 is 0 Å². The summed E-state index contributed by atoms with van der Waals surface area (Å²) in [5.41, 5.74) is 5.42. The van der Waals surface area contributed by atoms with E-state index in [2.05, 4.69) is 0 Å². The van der Waals surface area contributed by atoms with Gasteiger partial charge in [0.2, 0.25) is 6.29 Å². The first-order valence-corrected chi connectivity index (χ1v) is 4.61. The molecule has 0 fully saturated rings. The molecule has 3 nitrogen and oxygen atoms in total. The van der Waals surface area contributed by atoms with Crippen LogP contribution in [0.3, 0.4) is 0 Å². The van der Waals surface area contributed by atoms with Crippen LogP contribution in [0, 0.1) is 11.6 Å². The molecular formula is C11H10F2NO2. The second kappa shape index (κ2) is 5.46. The van der Waals surface area contributed by atoms with E-state index in [0.29, 0.717) is 0 Å². The number of nitrogens with two attached hydrogens (primary N) is 1. The minimum atomic E-state index is -0.981. The van der Waals surface area contributed by atoms with E-state index in [1.165, 1.54) is 6.29 Å². The Balaban J connectivity index is 2.66. The lowest BCUT2D eigenvalue weighted by Crippen LogP contribution is -2.25. The van der Waals surface area contributed by atoms with E-state index < -0.39 is 17.7 Å². The average molecular weight is 226 g/mol. The average Bonchev–Trinajstić information content (AvgIpc) is 2.15. The molecule has 1 atom stereocenters. The van der Waals surface area contributed by atoms with Gasteiger partial charge in [0, 0.05) is 18.9 Å². The van der Waals surface area contributed by atoms with Gasteiger partial charge in [0.1, 0.15) is 17.4 Å². The molecule has 1 radical (unpaired) electrons. The van der Waals surface area contributed by atoms with Gasteiger partial charge in [-0.15, -0.1) is 0 Å². The monoisotopic (exact) mass is 226 g/mol. The summed E-state index contributed by atoms with van der Waals surface area (Å²) in [6.45, 7) is 0. The van der Waals surface area contributed by atoms with E-state index in [1.54, 1.807) is 0 Å². The summed E-state index contributed by atoms with van der Waals surface area (Å²) in [5, 5.41) is 0. The molecule has 0 saturated carbocycles. The van der Waals surface area contributed by atoms with Crippen molar-refractivity contribution in [3.8, 4) is 0 Å². The standard InChI is InChI=1S/C11H10F2NO2/c12-8-1-7(2-9(13)4-8)3-11(16)5-10(14)6-15/h1-2,4,10H,3,5,14H2/t10-/m0/s1. The molecule has 1 rings (SSSR count). The predicted octanol–water partition coefficient (Wildman–Crippen LogP) is 0.903. The molecule has 1 aromatic carbocycles. The Morgan fingerprint density at radius 2 is 1.88 bits per heavy atom. The molecular weight excluding hydrogens is 216 g/mol. The lowest BCUT2D eigenvalue weighted by molar-refractivity contribution is -0.118. The van der Waals surface area contributed by atoms with E-state index in [-0.39, 0.29) is 24.2 Å². The minimum absolute atomic E-state index is 0.149. The summed E-state index contributed by atoms with van der Waals surface area (Å²) in [4.78, 5) is 21.4. The van der Waals surface area contributed by atoms with Gasteiger partial charge in [0.25, 0.3) is 0 Å². The number of hydrogen-bond donors (Lipinski definition) is 1. The van der Waals surface area contributed by atoms with Crippen molar-refractivity contribution in [3.05, 3.63) is 35.4 Å². The maximum absolute atomic E-state index is 12.8. The molecule has 0 spiro atoms.